The van der Waals surface area contributed by atoms with Gasteiger partial charge in [-0.3, -0.25) is 15.0 Å². The average Bonchev–Trinajstić information content (AvgIpc) is 2.44. The van der Waals surface area contributed by atoms with Crippen LogP contribution in [-0.2, 0) is 19.6 Å². The van der Waals surface area contributed by atoms with E-state index < -0.39 is 15.9 Å². The van der Waals surface area contributed by atoms with Crippen molar-refractivity contribution in [3.8, 4) is 5.75 Å². The number of hydrazine groups is 1. The lowest BCUT2D eigenvalue weighted by atomic mass is 10.1. The molecule has 0 heterocycles. The Morgan fingerprint density at radius 1 is 1.26 bits per heavy atom. The molecule has 0 saturated carbocycles. The molecule has 1 aromatic carbocycles. The number of benzene rings is 1. The van der Waals surface area contributed by atoms with E-state index in [0.717, 1.165) is 0 Å². The first-order valence-corrected chi connectivity index (χ1v) is 8.40. The first-order valence-electron chi connectivity index (χ1n) is 6.92. The van der Waals surface area contributed by atoms with Crippen molar-refractivity contribution in [3.05, 3.63) is 18.2 Å². The summed E-state index contributed by atoms with van der Waals surface area (Å²) >= 11 is 0. The third-order valence-electron chi connectivity index (χ3n) is 2.71. The summed E-state index contributed by atoms with van der Waals surface area (Å²) < 4.78 is 29.4. The van der Waals surface area contributed by atoms with Crippen LogP contribution in [0.2, 0.25) is 0 Å². The van der Waals surface area contributed by atoms with Crippen molar-refractivity contribution >= 4 is 27.5 Å². The van der Waals surface area contributed by atoms with Gasteiger partial charge >= 0.3 is 0 Å². The monoisotopic (exact) mass is 343 g/mol. The van der Waals surface area contributed by atoms with Crippen molar-refractivity contribution < 1.29 is 22.7 Å². The first kappa shape index (κ1) is 18.9. The van der Waals surface area contributed by atoms with E-state index in [9.17, 15) is 18.0 Å². The SMILES string of the molecule is COc1cc(S(=O)(=O)NNC(=O)CC(C)C)ccc1NC(C)=O. The Balaban J connectivity index is 2.92. The number of methoxy groups -OCH3 is 1. The normalized spacial score (nSPS) is 11.2. The highest BCUT2D eigenvalue weighted by molar-refractivity contribution is 7.89. The van der Waals surface area contributed by atoms with E-state index in [-0.39, 0.29) is 28.9 Å². The minimum absolute atomic E-state index is 0.103. The van der Waals surface area contributed by atoms with Crippen molar-refractivity contribution in [1.29, 1.82) is 0 Å². The lowest BCUT2D eigenvalue weighted by Crippen LogP contribution is -2.41. The van der Waals surface area contributed by atoms with E-state index in [1.165, 1.54) is 32.2 Å². The molecular weight excluding hydrogens is 322 g/mol. The third kappa shape index (κ3) is 5.87. The second-order valence-corrected chi connectivity index (χ2v) is 6.98. The van der Waals surface area contributed by atoms with Crippen molar-refractivity contribution in [1.82, 2.24) is 10.3 Å². The summed E-state index contributed by atoms with van der Waals surface area (Å²) in [4.78, 5) is 24.5. The predicted octanol–water partition coefficient (Wildman–Crippen LogP) is 1.01. The van der Waals surface area contributed by atoms with Gasteiger partial charge in [0, 0.05) is 19.4 Å². The van der Waals surface area contributed by atoms with Gasteiger partial charge in [-0.2, -0.15) is 0 Å². The van der Waals surface area contributed by atoms with Gasteiger partial charge in [0.25, 0.3) is 10.0 Å². The summed E-state index contributed by atoms with van der Waals surface area (Å²) in [5.74, 6) is -0.434. The van der Waals surface area contributed by atoms with Gasteiger partial charge in [0.05, 0.1) is 17.7 Å². The fraction of sp³-hybridized carbons (Fsp3) is 0.429. The van der Waals surface area contributed by atoms with Crippen molar-refractivity contribution in [2.24, 2.45) is 5.92 Å². The highest BCUT2D eigenvalue weighted by Gasteiger charge is 2.18. The minimum Gasteiger partial charge on any atom is -0.495 e. The minimum atomic E-state index is -3.94. The zero-order valence-corrected chi connectivity index (χ0v) is 14.3. The summed E-state index contributed by atoms with van der Waals surface area (Å²) in [6, 6.07) is 3.96. The van der Waals surface area contributed by atoms with Gasteiger partial charge in [-0.15, -0.1) is 4.83 Å². The molecule has 0 spiro atoms. The number of carbonyl (C=O) groups is 2. The molecule has 0 radical (unpaired) electrons. The van der Waals surface area contributed by atoms with Crippen LogP contribution in [0.1, 0.15) is 27.2 Å². The maximum absolute atomic E-state index is 12.2. The lowest BCUT2D eigenvalue weighted by Gasteiger charge is -2.13. The number of sulfonamides is 1. The molecule has 0 unspecified atom stereocenters. The van der Waals surface area contributed by atoms with Gasteiger partial charge in [0.15, 0.2) is 0 Å². The molecule has 128 valence electrons. The van der Waals surface area contributed by atoms with Gasteiger partial charge < -0.3 is 10.1 Å². The molecule has 23 heavy (non-hydrogen) atoms. The molecule has 9 heteroatoms. The third-order valence-corrected chi connectivity index (χ3v) is 3.96. The Morgan fingerprint density at radius 2 is 1.91 bits per heavy atom. The molecule has 0 atom stereocenters. The highest BCUT2D eigenvalue weighted by atomic mass is 32.2. The molecular formula is C14H21N3O5S. The van der Waals surface area contributed by atoms with Gasteiger partial charge in [-0.25, -0.2) is 8.42 Å². The lowest BCUT2D eigenvalue weighted by molar-refractivity contribution is -0.122. The van der Waals surface area contributed by atoms with E-state index in [1.54, 1.807) is 0 Å². The van der Waals surface area contributed by atoms with E-state index in [2.05, 4.69) is 10.7 Å². The van der Waals surface area contributed by atoms with Gasteiger partial charge in [0.1, 0.15) is 5.75 Å². The Kier molecular flexibility index (Phi) is 6.52. The van der Waals surface area contributed by atoms with E-state index in [0.29, 0.717) is 5.69 Å². The molecule has 0 aliphatic heterocycles. The van der Waals surface area contributed by atoms with Crippen LogP contribution in [0, 0.1) is 5.92 Å². The summed E-state index contributed by atoms with van der Waals surface area (Å²) in [5, 5.41) is 2.53. The largest absolute Gasteiger partial charge is 0.495 e. The van der Waals surface area contributed by atoms with Crippen molar-refractivity contribution in [3.63, 3.8) is 0 Å². The number of hydrogen-bond acceptors (Lipinski definition) is 5. The summed E-state index contributed by atoms with van der Waals surface area (Å²) in [7, 11) is -2.59. The van der Waals surface area contributed by atoms with Crippen LogP contribution in [0.5, 0.6) is 5.75 Å². The Hall–Kier alpha value is -2.13. The molecule has 0 aliphatic carbocycles. The van der Waals surface area contributed by atoms with Crippen LogP contribution in [0.25, 0.3) is 0 Å². The summed E-state index contributed by atoms with van der Waals surface area (Å²) in [6.45, 7) is 5.02. The van der Waals surface area contributed by atoms with E-state index in [1.807, 2.05) is 18.7 Å². The molecule has 3 N–H and O–H groups in total. The Labute approximate surface area is 135 Å². The van der Waals surface area contributed by atoms with Gasteiger partial charge in [0.2, 0.25) is 11.8 Å². The molecule has 0 bridgehead atoms. The molecule has 0 aromatic heterocycles. The van der Waals surface area contributed by atoms with Crippen LogP contribution in [0.15, 0.2) is 23.1 Å². The molecule has 1 aromatic rings. The van der Waals surface area contributed by atoms with Gasteiger partial charge in [-0.1, -0.05) is 13.8 Å². The highest BCUT2D eigenvalue weighted by Crippen LogP contribution is 2.27. The Morgan fingerprint density at radius 3 is 2.43 bits per heavy atom. The predicted molar refractivity (Wildman–Crippen MR) is 85.2 cm³/mol. The number of nitrogens with one attached hydrogen (secondary N) is 3. The molecule has 0 fully saturated rings. The molecule has 0 aliphatic rings. The first-order chi connectivity index (χ1) is 10.7. The topological polar surface area (TPSA) is 114 Å². The molecule has 1 rings (SSSR count). The standard InChI is InChI=1S/C14H21N3O5S/c1-9(2)7-14(19)16-17-23(20,21)11-5-6-12(15-10(3)18)13(8-11)22-4/h5-6,8-9,17H,7H2,1-4H3,(H,15,18)(H,16,19). The van der Waals surface area contributed by atoms with Crippen molar-refractivity contribution in [2.45, 2.75) is 32.1 Å². The number of rotatable bonds is 7. The second kappa shape index (κ2) is 7.93. The van der Waals surface area contributed by atoms with Crippen LogP contribution in [0.4, 0.5) is 5.69 Å². The number of anilines is 1. The zero-order chi connectivity index (χ0) is 17.6. The number of hydrogen-bond donors (Lipinski definition) is 3. The second-order valence-electron chi connectivity index (χ2n) is 5.29. The number of carbonyl (C=O) groups excluding carboxylic acids is 2. The van der Waals surface area contributed by atoms with Crippen LogP contribution in [0.3, 0.4) is 0 Å². The molecule has 2 amide bonds. The van der Waals surface area contributed by atoms with Gasteiger partial charge in [-0.05, 0) is 18.1 Å². The maximum Gasteiger partial charge on any atom is 0.257 e. The maximum atomic E-state index is 12.2. The summed E-state index contributed by atoms with van der Waals surface area (Å²) in [6.07, 6.45) is 0.202. The quantitative estimate of drug-likeness (QED) is 0.639. The zero-order valence-electron chi connectivity index (χ0n) is 13.5. The van der Waals surface area contributed by atoms with E-state index in [4.69, 9.17) is 4.74 Å². The summed E-state index contributed by atoms with van der Waals surface area (Å²) in [5.41, 5.74) is 2.50. The Bertz CT molecular complexity index is 686. The average molecular weight is 343 g/mol. The molecule has 0 saturated heterocycles. The van der Waals surface area contributed by atoms with Crippen LogP contribution >= 0.6 is 0 Å². The van der Waals surface area contributed by atoms with Crippen LogP contribution in [-0.4, -0.2) is 27.3 Å². The number of amides is 2. The fourth-order valence-corrected chi connectivity index (χ4v) is 2.61. The fourth-order valence-electron chi connectivity index (χ4n) is 1.74. The van der Waals surface area contributed by atoms with Crippen LogP contribution < -0.4 is 20.3 Å². The van der Waals surface area contributed by atoms with Crippen molar-refractivity contribution in [2.75, 3.05) is 12.4 Å². The van der Waals surface area contributed by atoms with E-state index >= 15 is 0 Å². The molecule has 8 nitrogen and oxygen atoms in total. The smallest absolute Gasteiger partial charge is 0.257 e. The number of ether oxygens (including phenoxy) is 1.